The predicted molar refractivity (Wildman–Crippen MR) is 94.0 cm³/mol. The lowest BCUT2D eigenvalue weighted by molar-refractivity contribution is -0.131. The molecule has 1 aliphatic rings. The van der Waals surface area contributed by atoms with Gasteiger partial charge in [0.15, 0.2) is 5.75 Å². The van der Waals surface area contributed by atoms with E-state index in [9.17, 15) is 9.59 Å². The predicted octanol–water partition coefficient (Wildman–Crippen LogP) is 2.65. The van der Waals surface area contributed by atoms with Crippen molar-refractivity contribution in [1.82, 2.24) is 15.3 Å². The molecule has 0 atom stereocenters. The number of hydrogen-bond donors (Lipinski definition) is 2. The molecule has 3 rings (SSSR count). The molecule has 1 aromatic heterocycles. The smallest absolute Gasteiger partial charge is 0.325 e. The summed E-state index contributed by atoms with van der Waals surface area (Å²) in [5.74, 6) is 0.698. The fourth-order valence-corrected chi connectivity index (χ4v) is 2.66. The van der Waals surface area contributed by atoms with Crippen LogP contribution in [0.25, 0.3) is 0 Å². The van der Waals surface area contributed by atoms with E-state index in [1.807, 2.05) is 6.92 Å². The molecule has 0 saturated heterocycles. The fraction of sp³-hybridized carbons (Fsp3) is 0.333. The Bertz CT molecular complexity index is 791. The summed E-state index contributed by atoms with van der Waals surface area (Å²) in [7, 11) is 1.62. The molecule has 2 N–H and O–H groups in total. The molecule has 1 aliphatic carbocycles. The number of methoxy groups -OCH3 is 1. The molecule has 1 heterocycles. The SMILES string of the molecule is COC1CC(C(=O)NC(=O)Nc2ccc(Oc3cncnc3)c(C)c2)C1. The molecule has 1 aromatic carbocycles. The van der Waals surface area contributed by atoms with E-state index < -0.39 is 6.03 Å². The molecule has 8 nitrogen and oxygen atoms in total. The van der Waals surface area contributed by atoms with Gasteiger partial charge in [0.05, 0.1) is 18.5 Å². The third kappa shape index (κ3) is 4.34. The molecule has 1 fully saturated rings. The Morgan fingerprint density at radius 1 is 1.19 bits per heavy atom. The third-order valence-electron chi connectivity index (χ3n) is 4.23. The molecule has 26 heavy (non-hydrogen) atoms. The number of anilines is 1. The van der Waals surface area contributed by atoms with Crippen LogP contribution < -0.4 is 15.4 Å². The van der Waals surface area contributed by atoms with Crippen molar-refractivity contribution < 1.29 is 19.1 Å². The third-order valence-corrected chi connectivity index (χ3v) is 4.23. The van der Waals surface area contributed by atoms with Gasteiger partial charge in [0.1, 0.15) is 12.1 Å². The van der Waals surface area contributed by atoms with E-state index in [0.717, 1.165) is 5.56 Å². The first-order valence-electron chi connectivity index (χ1n) is 8.23. The summed E-state index contributed by atoms with van der Waals surface area (Å²) in [5.41, 5.74) is 1.38. The molecule has 0 spiro atoms. The molecule has 0 aliphatic heterocycles. The Hall–Kier alpha value is -3.00. The Labute approximate surface area is 150 Å². The summed E-state index contributed by atoms with van der Waals surface area (Å²) < 4.78 is 10.8. The van der Waals surface area contributed by atoms with Gasteiger partial charge in [0, 0.05) is 18.7 Å². The van der Waals surface area contributed by atoms with E-state index in [1.54, 1.807) is 37.7 Å². The van der Waals surface area contributed by atoms with Crippen LogP contribution in [0.2, 0.25) is 0 Å². The molecule has 136 valence electrons. The summed E-state index contributed by atoms with van der Waals surface area (Å²) in [4.78, 5) is 31.7. The number of nitrogens with zero attached hydrogens (tertiary/aromatic N) is 2. The molecule has 3 amide bonds. The van der Waals surface area contributed by atoms with Gasteiger partial charge in [-0.1, -0.05) is 0 Å². The van der Waals surface area contributed by atoms with Crippen molar-refractivity contribution in [3.63, 3.8) is 0 Å². The number of ether oxygens (including phenoxy) is 2. The van der Waals surface area contributed by atoms with Crippen molar-refractivity contribution in [2.45, 2.75) is 25.9 Å². The number of imide groups is 1. The highest BCUT2D eigenvalue weighted by molar-refractivity contribution is 6.02. The topological polar surface area (TPSA) is 102 Å². The quantitative estimate of drug-likeness (QED) is 0.854. The zero-order valence-corrected chi connectivity index (χ0v) is 14.6. The number of nitrogens with one attached hydrogen (secondary N) is 2. The summed E-state index contributed by atoms with van der Waals surface area (Å²) in [6, 6.07) is 4.63. The van der Waals surface area contributed by atoms with E-state index >= 15 is 0 Å². The minimum Gasteiger partial charge on any atom is -0.454 e. The number of rotatable bonds is 5. The lowest BCUT2D eigenvalue weighted by atomic mass is 9.81. The Balaban J connectivity index is 1.54. The molecule has 0 unspecified atom stereocenters. The molecular weight excluding hydrogens is 336 g/mol. The minimum absolute atomic E-state index is 0.110. The van der Waals surface area contributed by atoms with Crippen molar-refractivity contribution >= 4 is 17.6 Å². The van der Waals surface area contributed by atoms with E-state index in [0.29, 0.717) is 30.0 Å². The van der Waals surface area contributed by atoms with Gasteiger partial charge in [-0.15, -0.1) is 0 Å². The first-order valence-corrected chi connectivity index (χ1v) is 8.23. The van der Waals surface area contributed by atoms with Crippen LogP contribution >= 0.6 is 0 Å². The second-order valence-electron chi connectivity index (χ2n) is 6.13. The average Bonchev–Trinajstić information content (AvgIpc) is 2.57. The van der Waals surface area contributed by atoms with Gasteiger partial charge < -0.3 is 14.8 Å². The molecule has 0 radical (unpaired) electrons. The zero-order valence-electron chi connectivity index (χ0n) is 14.6. The van der Waals surface area contributed by atoms with Gasteiger partial charge >= 0.3 is 6.03 Å². The van der Waals surface area contributed by atoms with E-state index in [2.05, 4.69) is 20.6 Å². The van der Waals surface area contributed by atoms with Crippen molar-refractivity contribution in [1.29, 1.82) is 0 Å². The number of aromatic nitrogens is 2. The lowest BCUT2D eigenvalue weighted by Crippen LogP contribution is -2.45. The van der Waals surface area contributed by atoms with Crippen LogP contribution in [0.3, 0.4) is 0 Å². The summed E-state index contributed by atoms with van der Waals surface area (Å²) >= 11 is 0. The molecule has 1 saturated carbocycles. The maximum absolute atomic E-state index is 12.0. The summed E-state index contributed by atoms with van der Waals surface area (Å²) in [6.45, 7) is 1.85. The van der Waals surface area contributed by atoms with Crippen LogP contribution in [0.15, 0.2) is 36.9 Å². The van der Waals surface area contributed by atoms with Crippen LogP contribution in [0, 0.1) is 12.8 Å². The van der Waals surface area contributed by atoms with Crippen LogP contribution in [0.5, 0.6) is 11.5 Å². The average molecular weight is 356 g/mol. The number of urea groups is 1. The van der Waals surface area contributed by atoms with Crippen LogP contribution in [0.4, 0.5) is 10.5 Å². The van der Waals surface area contributed by atoms with Crippen molar-refractivity contribution in [3.8, 4) is 11.5 Å². The summed E-state index contributed by atoms with van der Waals surface area (Å²) in [6.07, 6.45) is 5.94. The number of aryl methyl sites for hydroxylation is 1. The van der Waals surface area contributed by atoms with Gasteiger partial charge in [-0.3, -0.25) is 10.1 Å². The van der Waals surface area contributed by atoms with Crippen molar-refractivity contribution in [2.75, 3.05) is 12.4 Å². The highest BCUT2D eigenvalue weighted by atomic mass is 16.5. The number of carbonyl (C=O) groups is 2. The number of hydrogen-bond acceptors (Lipinski definition) is 6. The van der Waals surface area contributed by atoms with Gasteiger partial charge in [0.2, 0.25) is 5.91 Å². The van der Waals surface area contributed by atoms with E-state index in [4.69, 9.17) is 9.47 Å². The van der Waals surface area contributed by atoms with E-state index in [-0.39, 0.29) is 17.9 Å². The maximum atomic E-state index is 12.0. The Morgan fingerprint density at radius 2 is 1.92 bits per heavy atom. The zero-order chi connectivity index (χ0) is 18.5. The minimum atomic E-state index is -0.555. The maximum Gasteiger partial charge on any atom is 0.325 e. The number of carbonyl (C=O) groups excluding carboxylic acids is 2. The summed E-state index contributed by atoms with van der Waals surface area (Å²) in [5, 5.41) is 5.01. The lowest BCUT2D eigenvalue weighted by Gasteiger charge is -2.32. The van der Waals surface area contributed by atoms with Gasteiger partial charge in [-0.25, -0.2) is 14.8 Å². The number of benzene rings is 1. The van der Waals surface area contributed by atoms with Crippen LogP contribution in [-0.4, -0.2) is 35.1 Å². The highest BCUT2D eigenvalue weighted by Crippen LogP contribution is 2.30. The Kier molecular flexibility index (Phi) is 5.43. The Morgan fingerprint density at radius 3 is 2.58 bits per heavy atom. The normalized spacial score (nSPS) is 18.5. The van der Waals surface area contributed by atoms with Gasteiger partial charge in [-0.2, -0.15) is 0 Å². The monoisotopic (exact) mass is 356 g/mol. The molecule has 8 heteroatoms. The van der Waals surface area contributed by atoms with Gasteiger partial charge in [-0.05, 0) is 43.5 Å². The highest BCUT2D eigenvalue weighted by Gasteiger charge is 2.35. The second kappa shape index (κ2) is 7.92. The van der Waals surface area contributed by atoms with Crippen LogP contribution in [-0.2, 0) is 9.53 Å². The molecule has 2 aromatic rings. The fourth-order valence-electron chi connectivity index (χ4n) is 2.66. The molecule has 0 bridgehead atoms. The first kappa shape index (κ1) is 17.8. The first-order chi connectivity index (χ1) is 12.5. The van der Waals surface area contributed by atoms with E-state index in [1.165, 1.54) is 6.33 Å². The van der Waals surface area contributed by atoms with Crippen molar-refractivity contribution in [2.24, 2.45) is 5.92 Å². The van der Waals surface area contributed by atoms with Gasteiger partial charge in [0.25, 0.3) is 0 Å². The van der Waals surface area contributed by atoms with Crippen LogP contribution in [0.1, 0.15) is 18.4 Å². The second-order valence-corrected chi connectivity index (χ2v) is 6.13. The standard InChI is InChI=1S/C18H20N4O4/c1-11-5-13(3-4-16(11)26-15-8-19-10-20-9-15)21-18(24)22-17(23)12-6-14(7-12)25-2/h3-5,8-10,12,14H,6-7H2,1-2H3,(H2,21,22,23,24). The van der Waals surface area contributed by atoms with Crippen molar-refractivity contribution in [3.05, 3.63) is 42.5 Å². The number of amides is 3. The largest absolute Gasteiger partial charge is 0.454 e. The molecular formula is C18H20N4O4.